The summed E-state index contributed by atoms with van der Waals surface area (Å²) >= 11 is 0. The van der Waals surface area contributed by atoms with Crippen LogP contribution in [0.4, 0.5) is 10.5 Å². The summed E-state index contributed by atoms with van der Waals surface area (Å²) in [7, 11) is 0. The minimum absolute atomic E-state index is 0.517. The molecule has 0 saturated carbocycles. The van der Waals surface area contributed by atoms with Crippen molar-refractivity contribution in [2.45, 2.75) is 25.3 Å². The van der Waals surface area contributed by atoms with E-state index in [2.05, 4.69) is 16.7 Å². The lowest BCUT2D eigenvalue weighted by molar-refractivity contribution is 0.259. The number of urea groups is 1. The van der Waals surface area contributed by atoms with Gasteiger partial charge in [-0.05, 0) is 43.5 Å². The van der Waals surface area contributed by atoms with Crippen LogP contribution >= 0.6 is 0 Å². The molecule has 16 heavy (non-hydrogen) atoms. The van der Waals surface area contributed by atoms with Crippen molar-refractivity contribution in [2.24, 2.45) is 5.73 Å². The number of hydrogen-bond donors (Lipinski definition) is 3. The predicted octanol–water partition coefficient (Wildman–Crippen LogP) is 1.47. The number of nitrogens with one attached hydrogen (secondary N) is 2. The molecule has 4 N–H and O–H groups in total. The molecule has 2 amide bonds. The van der Waals surface area contributed by atoms with Crippen LogP contribution in [-0.2, 0) is 6.42 Å². The standard InChI is InChI=1S/C12H17N3O/c13-12(16)15-11-4-1-3-9(8-11)7-10-5-2-6-14-10/h1,3-4,8,10,14H,2,5-7H2,(H3,13,15,16). The Morgan fingerprint density at radius 3 is 3.12 bits per heavy atom. The number of hydrogen-bond acceptors (Lipinski definition) is 2. The van der Waals surface area contributed by atoms with E-state index in [0.29, 0.717) is 6.04 Å². The molecule has 1 heterocycles. The van der Waals surface area contributed by atoms with Crippen LogP contribution in [0, 0.1) is 0 Å². The number of carbonyl (C=O) groups is 1. The number of benzene rings is 1. The average Bonchev–Trinajstić information content (AvgIpc) is 2.70. The molecule has 1 aliphatic heterocycles. The van der Waals surface area contributed by atoms with Gasteiger partial charge < -0.3 is 16.4 Å². The smallest absolute Gasteiger partial charge is 0.316 e. The summed E-state index contributed by atoms with van der Waals surface area (Å²) in [6.07, 6.45) is 3.49. The molecule has 0 spiro atoms. The van der Waals surface area contributed by atoms with Crippen LogP contribution in [0.3, 0.4) is 0 Å². The van der Waals surface area contributed by atoms with Gasteiger partial charge >= 0.3 is 6.03 Å². The van der Waals surface area contributed by atoms with Gasteiger partial charge in [0.25, 0.3) is 0 Å². The monoisotopic (exact) mass is 219 g/mol. The first kappa shape index (κ1) is 11.0. The summed E-state index contributed by atoms with van der Waals surface area (Å²) in [4.78, 5) is 10.7. The highest BCUT2D eigenvalue weighted by molar-refractivity contribution is 5.87. The molecule has 1 aromatic rings. The maximum atomic E-state index is 10.7. The van der Waals surface area contributed by atoms with Crippen molar-refractivity contribution in [2.75, 3.05) is 11.9 Å². The Labute approximate surface area is 95.2 Å². The van der Waals surface area contributed by atoms with Gasteiger partial charge in [0.05, 0.1) is 0 Å². The molecule has 1 fully saturated rings. The second-order valence-corrected chi connectivity index (χ2v) is 4.19. The van der Waals surface area contributed by atoms with Gasteiger partial charge in [0.1, 0.15) is 0 Å². The summed E-state index contributed by atoms with van der Waals surface area (Å²) < 4.78 is 0. The minimum atomic E-state index is -0.517. The summed E-state index contributed by atoms with van der Waals surface area (Å²) in [6, 6.07) is 7.89. The third-order valence-electron chi connectivity index (χ3n) is 2.84. The van der Waals surface area contributed by atoms with E-state index in [1.165, 1.54) is 18.4 Å². The topological polar surface area (TPSA) is 67.2 Å². The van der Waals surface area contributed by atoms with Crippen molar-refractivity contribution >= 4 is 11.7 Å². The number of rotatable bonds is 3. The van der Waals surface area contributed by atoms with E-state index < -0.39 is 6.03 Å². The molecule has 1 saturated heterocycles. The molecule has 4 heteroatoms. The largest absolute Gasteiger partial charge is 0.351 e. The minimum Gasteiger partial charge on any atom is -0.351 e. The van der Waals surface area contributed by atoms with Crippen molar-refractivity contribution < 1.29 is 4.79 Å². The van der Waals surface area contributed by atoms with Gasteiger partial charge in [-0.3, -0.25) is 0 Å². The van der Waals surface area contributed by atoms with Crippen LogP contribution in [0.5, 0.6) is 0 Å². The molecular weight excluding hydrogens is 202 g/mol. The third-order valence-corrected chi connectivity index (χ3v) is 2.84. The summed E-state index contributed by atoms with van der Waals surface area (Å²) in [6.45, 7) is 1.11. The molecule has 86 valence electrons. The molecule has 0 aliphatic carbocycles. The second kappa shape index (κ2) is 4.99. The van der Waals surface area contributed by atoms with Gasteiger partial charge in [-0.15, -0.1) is 0 Å². The van der Waals surface area contributed by atoms with Crippen LogP contribution < -0.4 is 16.4 Å². The average molecular weight is 219 g/mol. The van der Waals surface area contributed by atoms with E-state index in [1.807, 2.05) is 18.2 Å². The normalized spacial score (nSPS) is 19.6. The first-order valence-corrected chi connectivity index (χ1v) is 5.63. The zero-order chi connectivity index (χ0) is 11.4. The van der Waals surface area contributed by atoms with E-state index in [1.54, 1.807) is 0 Å². The van der Waals surface area contributed by atoms with Gasteiger partial charge in [0.2, 0.25) is 0 Å². The van der Waals surface area contributed by atoms with E-state index in [0.717, 1.165) is 18.7 Å². The molecule has 1 aromatic carbocycles. The molecule has 0 bridgehead atoms. The van der Waals surface area contributed by atoms with E-state index in [4.69, 9.17) is 5.73 Å². The number of primary amides is 1. The molecule has 2 rings (SSSR count). The van der Waals surface area contributed by atoms with Crippen molar-refractivity contribution in [3.8, 4) is 0 Å². The molecule has 1 atom stereocenters. The highest BCUT2D eigenvalue weighted by Crippen LogP contribution is 2.15. The zero-order valence-electron chi connectivity index (χ0n) is 9.20. The quantitative estimate of drug-likeness (QED) is 0.720. The van der Waals surface area contributed by atoms with E-state index in [9.17, 15) is 4.79 Å². The van der Waals surface area contributed by atoms with Crippen molar-refractivity contribution in [1.82, 2.24) is 5.32 Å². The summed E-state index contributed by atoms with van der Waals surface area (Å²) in [5.74, 6) is 0. The second-order valence-electron chi connectivity index (χ2n) is 4.19. The Morgan fingerprint density at radius 2 is 2.44 bits per heavy atom. The molecular formula is C12H17N3O. The Balaban J connectivity index is 2.00. The van der Waals surface area contributed by atoms with Crippen molar-refractivity contribution in [1.29, 1.82) is 0 Å². The third kappa shape index (κ3) is 2.97. The Morgan fingerprint density at radius 1 is 1.56 bits per heavy atom. The van der Waals surface area contributed by atoms with Crippen molar-refractivity contribution in [3.63, 3.8) is 0 Å². The maximum Gasteiger partial charge on any atom is 0.316 e. The molecule has 4 nitrogen and oxygen atoms in total. The lowest BCUT2D eigenvalue weighted by Gasteiger charge is -2.11. The number of anilines is 1. The van der Waals surface area contributed by atoms with Gasteiger partial charge in [-0.25, -0.2) is 4.79 Å². The Bertz CT molecular complexity index is 372. The van der Waals surface area contributed by atoms with Crippen LogP contribution in [-0.4, -0.2) is 18.6 Å². The fourth-order valence-corrected chi connectivity index (χ4v) is 2.13. The number of amides is 2. The molecule has 1 aliphatic rings. The van der Waals surface area contributed by atoms with Crippen LogP contribution in [0.15, 0.2) is 24.3 Å². The molecule has 0 radical (unpaired) electrons. The Kier molecular flexibility index (Phi) is 3.41. The SMILES string of the molecule is NC(=O)Nc1cccc(CC2CCCN2)c1. The lowest BCUT2D eigenvalue weighted by atomic mass is 10.0. The highest BCUT2D eigenvalue weighted by atomic mass is 16.2. The van der Waals surface area contributed by atoms with E-state index >= 15 is 0 Å². The van der Waals surface area contributed by atoms with Gasteiger partial charge in [0.15, 0.2) is 0 Å². The zero-order valence-corrected chi connectivity index (χ0v) is 9.20. The maximum absolute atomic E-state index is 10.7. The summed E-state index contributed by atoms with van der Waals surface area (Å²) in [5, 5.41) is 6.04. The lowest BCUT2D eigenvalue weighted by Crippen LogP contribution is -2.23. The first-order valence-electron chi connectivity index (χ1n) is 5.63. The Hall–Kier alpha value is -1.55. The fourth-order valence-electron chi connectivity index (χ4n) is 2.13. The first-order chi connectivity index (χ1) is 7.74. The number of carbonyl (C=O) groups excluding carboxylic acids is 1. The molecule has 1 unspecified atom stereocenters. The summed E-state index contributed by atoms with van der Waals surface area (Å²) in [5.41, 5.74) is 7.07. The van der Waals surface area contributed by atoms with Crippen LogP contribution in [0.1, 0.15) is 18.4 Å². The molecule has 0 aromatic heterocycles. The van der Waals surface area contributed by atoms with Gasteiger partial charge in [-0.2, -0.15) is 0 Å². The van der Waals surface area contributed by atoms with Crippen LogP contribution in [0.2, 0.25) is 0 Å². The van der Waals surface area contributed by atoms with Crippen LogP contribution in [0.25, 0.3) is 0 Å². The number of nitrogens with two attached hydrogens (primary N) is 1. The predicted molar refractivity (Wildman–Crippen MR) is 64.4 cm³/mol. The highest BCUT2D eigenvalue weighted by Gasteiger charge is 2.14. The van der Waals surface area contributed by atoms with E-state index in [-0.39, 0.29) is 0 Å². The van der Waals surface area contributed by atoms with Gasteiger partial charge in [0, 0.05) is 11.7 Å². The van der Waals surface area contributed by atoms with Crippen molar-refractivity contribution in [3.05, 3.63) is 29.8 Å². The fraction of sp³-hybridized carbons (Fsp3) is 0.417. The van der Waals surface area contributed by atoms with Gasteiger partial charge in [-0.1, -0.05) is 12.1 Å².